The first-order chi connectivity index (χ1) is 7.68. The Labute approximate surface area is 100 Å². The Balaban J connectivity index is 1.91. The highest BCUT2D eigenvalue weighted by molar-refractivity contribution is 4.68. The van der Waals surface area contributed by atoms with E-state index in [2.05, 4.69) is 19.2 Å². The molecule has 3 nitrogen and oxygen atoms in total. The molecule has 3 unspecified atom stereocenters. The summed E-state index contributed by atoms with van der Waals surface area (Å²) in [5.74, 6) is 0.750. The first-order valence-corrected chi connectivity index (χ1v) is 6.76. The van der Waals surface area contributed by atoms with Crippen LogP contribution in [0.1, 0.15) is 46.0 Å². The van der Waals surface area contributed by atoms with Gasteiger partial charge in [0.2, 0.25) is 0 Å². The van der Waals surface area contributed by atoms with Gasteiger partial charge in [-0.15, -0.1) is 0 Å². The maximum absolute atomic E-state index is 5.73. The number of nitrogens with one attached hydrogen (secondary N) is 1. The molecule has 0 bridgehead atoms. The number of hydrogen-bond donors (Lipinski definition) is 2. The van der Waals surface area contributed by atoms with E-state index in [0.717, 1.165) is 32.0 Å². The molecule has 3 N–H and O–H groups in total. The number of ether oxygens (including phenoxy) is 1. The summed E-state index contributed by atoms with van der Waals surface area (Å²) in [7, 11) is 0. The van der Waals surface area contributed by atoms with Gasteiger partial charge in [0.1, 0.15) is 0 Å². The standard InChI is InChI=1S/C13H28N2O/c1-11(5-3-6-12(2)14)9-15-10-13-7-4-8-16-13/h11-13,15H,3-10,14H2,1-2H3. The van der Waals surface area contributed by atoms with E-state index in [9.17, 15) is 0 Å². The van der Waals surface area contributed by atoms with Crippen molar-refractivity contribution < 1.29 is 4.74 Å². The quantitative estimate of drug-likeness (QED) is 0.667. The Bertz CT molecular complexity index is 167. The second-order valence-electron chi connectivity index (χ2n) is 5.31. The van der Waals surface area contributed by atoms with Crippen molar-refractivity contribution in [3.8, 4) is 0 Å². The fourth-order valence-electron chi connectivity index (χ4n) is 2.19. The van der Waals surface area contributed by atoms with E-state index in [0.29, 0.717) is 12.1 Å². The Morgan fingerprint density at radius 3 is 2.81 bits per heavy atom. The van der Waals surface area contributed by atoms with Crippen LogP contribution < -0.4 is 11.1 Å². The van der Waals surface area contributed by atoms with Gasteiger partial charge >= 0.3 is 0 Å². The van der Waals surface area contributed by atoms with Crippen LogP contribution in [0, 0.1) is 5.92 Å². The van der Waals surface area contributed by atoms with Crippen LogP contribution in [-0.2, 0) is 4.74 Å². The monoisotopic (exact) mass is 228 g/mol. The van der Waals surface area contributed by atoms with Gasteiger partial charge in [0.05, 0.1) is 6.10 Å². The molecule has 16 heavy (non-hydrogen) atoms. The van der Waals surface area contributed by atoms with E-state index >= 15 is 0 Å². The van der Waals surface area contributed by atoms with Gasteiger partial charge in [0, 0.05) is 19.2 Å². The fraction of sp³-hybridized carbons (Fsp3) is 1.00. The summed E-state index contributed by atoms with van der Waals surface area (Å²) in [6.45, 7) is 7.48. The molecule has 0 amide bonds. The van der Waals surface area contributed by atoms with Crippen LogP contribution in [0.3, 0.4) is 0 Å². The molecule has 0 aromatic heterocycles. The van der Waals surface area contributed by atoms with Gasteiger partial charge in [-0.2, -0.15) is 0 Å². The molecule has 1 aliphatic rings. The molecule has 0 saturated carbocycles. The van der Waals surface area contributed by atoms with Crippen LogP contribution >= 0.6 is 0 Å². The Hall–Kier alpha value is -0.120. The third-order valence-electron chi connectivity index (χ3n) is 3.25. The minimum absolute atomic E-state index is 0.354. The van der Waals surface area contributed by atoms with Crippen molar-refractivity contribution in [3.05, 3.63) is 0 Å². The van der Waals surface area contributed by atoms with Crippen LogP contribution in [0.25, 0.3) is 0 Å². The molecule has 0 aromatic carbocycles. The van der Waals surface area contributed by atoms with Gasteiger partial charge in [-0.25, -0.2) is 0 Å². The summed E-state index contributed by atoms with van der Waals surface area (Å²) in [4.78, 5) is 0. The number of nitrogens with two attached hydrogens (primary N) is 1. The van der Waals surface area contributed by atoms with Crippen molar-refractivity contribution in [3.63, 3.8) is 0 Å². The highest BCUT2D eigenvalue weighted by Gasteiger charge is 2.14. The zero-order chi connectivity index (χ0) is 11.8. The topological polar surface area (TPSA) is 47.3 Å². The van der Waals surface area contributed by atoms with Crippen LogP contribution in [0.15, 0.2) is 0 Å². The first-order valence-electron chi connectivity index (χ1n) is 6.76. The maximum atomic E-state index is 5.73. The van der Waals surface area contributed by atoms with Crippen molar-refractivity contribution >= 4 is 0 Å². The third kappa shape index (κ3) is 6.46. The second kappa shape index (κ2) is 8.04. The van der Waals surface area contributed by atoms with Crippen molar-refractivity contribution in [2.45, 2.75) is 58.1 Å². The minimum atomic E-state index is 0.354. The summed E-state index contributed by atoms with van der Waals surface area (Å²) in [6, 6.07) is 0.354. The largest absolute Gasteiger partial charge is 0.377 e. The van der Waals surface area contributed by atoms with E-state index in [1.54, 1.807) is 0 Å². The molecule has 0 aliphatic carbocycles. The van der Waals surface area contributed by atoms with Gasteiger partial charge in [-0.3, -0.25) is 0 Å². The highest BCUT2D eigenvalue weighted by Crippen LogP contribution is 2.11. The zero-order valence-electron chi connectivity index (χ0n) is 10.9. The van der Waals surface area contributed by atoms with Crippen LogP contribution in [0.4, 0.5) is 0 Å². The maximum Gasteiger partial charge on any atom is 0.0700 e. The molecule has 0 aromatic rings. The van der Waals surface area contributed by atoms with E-state index < -0.39 is 0 Å². The predicted molar refractivity (Wildman–Crippen MR) is 68.5 cm³/mol. The molecule has 1 rings (SSSR count). The lowest BCUT2D eigenvalue weighted by molar-refractivity contribution is 0.109. The van der Waals surface area contributed by atoms with E-state index in [4.69, 9.17) is 10.5 Å². The lowest BCUT2D eigenvalue weighted by Crippen LogP contribution is -2.30. The van der Waals surface area contributed by atoms with Crippen LogP contribution in [0.5, 0.6) is 0 Å². The summed E-state index contributed by atoms with van der Waals surface area (Å²) >= 11 is 0. The molecular weight excluding hydrogens is 200 g/mol. The van der Waals surface area contributed by atoms with E-state index in [1.165, 1.54) is 25.7 Å². The third-order valence-corrected chi connectivity index (χ3v) is 3.25. The van der Waals surface area contributed by atoms with Gasteiger partial charge < -0.3 is 15.8 Å². The zero-order valence-corrected chi connectivity index (χ0v) is 10.9. The first kappa shape index (κ1) is 13.9. The van der Waals surface area contributed by atoms with Crippen molar-refractivity contribution in [1.29, 1.82) is 0 Å². The molecule has 0 radical (unpaired) electrons. The average Bonchev–Trinajstić information content (AvgIpc) is 2.70. The Morgan fingerprint density at radius 1 is 1.38 bits per heavy atom. The van der Waals surface area contributed by atoms with E-state index in [-0.39, 0.29) is 0 Å². The lowest BCUT2D eigenvalue weighted by Gasteiger charge is -2.15. The molecule has 1 aliphatic heterocycles. The van der Waals surface area contributed by atoms with Crippen LogP contribution in [-0.4, -0.2) is 31.8 Å². The van der Waals surface area contributed by atoms with Crippen molar-refractivity contribution in [2.24, 2.45) is 11.7 Å². The van der Waals surface area contributed by atoms with Gasteiger partial charge in [0.25, 0.3) is 0 Å². The smallest absolute Gasteiger partial charge is 0.0700 e. The molecule has 1 saturated heterocycles. The summed E-state index contributed by atoms with van der Waals surface area (Å²) in [5, 5.41) is 3.51. The SMILES string of the molecule is CC(N)CCCC(C)CNCC1CCCO1. The van der Waals surface area contributed by atoms with Crippen molar-refractivity contribution in [2.75, 3.05) is 19.7 Å². The van der Waals surface area contributed by atoms with Gasteiger partial charge in [-0.05, 0) is 45.1 Å². The van der Waals surface area contributed by atoms with E-state index in [1.807, 2.05) is 0 Å². The molecule has 1 heterocycles. The lowest BCUT2D eigenvalue weighted by atomic mass is 10.0. The fourth-order valence-corrected chi connectivity index (χ4v) is 2.19. The van der Waals surface area contributed by atoms with Gasteiger partial charge in [-0.1, -0.05) is 13.3 Å². The summed E-state index contributed by atoms with van der Waals surface area (Å²) in [6.07, 6.45) is 6.61. The van der Waals surface area contributed by atoms with Gasteiger partial charge in [0.15, 0.2) is 0 Å². The highest BCUT2D eigenvalue weighted by atomic mass is 16.5. The molecule has 3 heteroatoms. The summed E-state index contributed by atoms with van der Waals surface area (Å²) < 4.78 is 5.57. The second-order valence-corrected chi connectivity index (χ2v) is 5.31. The normalized spacial score (nSPS) is 24.6. The van der Waals surface area contributed by atoms with Crippen LogP contribution in [0.2, 0.25) is 0 Å². The summed E-state index contributed by atoms with van der Waals surface area (Å²) in [5.41, 5.74) is 5.73. The number of hydrogen-bond acceptors (Lipinski definition) is 3. The molecule has 0 spiro atoms. The molecular formula is C13H28N2O. The Kier molecular flexibility index (Phi) is 7.01. The molecule has 3 atom stereocenters. The average molecular weight is 228 g/mol. The molecule has 1 fully saturated rings. The predicted octanol–water partition coefficient (Wildman–Crippen LogP) is 1.91. The van der Waals surface area contributed by atoms with Crippen molar-refractivity contribution in [1.82, 2.24) is 5.32 Å². The number of rotatable bonds is 8. The molecule has 96 valence electrons. The minimum Gasteiger partial charge on any atom is -0.377 e. The Morgan fingerprint density at radius 2 is 2.19 bits per heavy atom.